The molecule has 0 amide bonds. The predicted octanol–water partition coefficient (Wildman–Crippen LogP) is 12.1. The Hall–Kier alpha value is -8.50. The number of ether oxygens (including phenoxy) is 6. The number of hydrogen-bond donors (Lipinski definition) is 1. The largest absolute Gasteiger partial charge is 0.464 e. The molecule has 12 rings (SSSR count). The van der Waals surface area contributed by atoms with E-state index in [9.17, 15) is 19.2 Å². The summed E-state index contributed by atoms with van der Waals surface area (Å²) in [6.07, 6.45) is 8.38. The monoisotopic (exact) mass is 1090 g/mol. The Morgan fingerprint density at radius 3 is 1.02 bits per heavy atom. The van der Waals surface area contributed by atoms with Gasteiger partial charge >= 0.3 is 11.9 Å². The van der Waals surface area contributed by atoms with Crippen LogP contribution in [0.2, 0.25) is 0 Å². The number of carbonyl (C=O) groups is 4. The summed E-state index contributed by atoms with van der Waals surface area (Å²) >= 11 is 0. The fraction of sp³-hybridized carbons (Fsp3) is 0.303. The first-order chi connectivity index (χ1) is 39.4. The summed E-state index contributed by atoms with van der Waals surface area (Å²) in [5, 5.41) is 17.1. The molecule has 2 aliphatic heterocycles. The number of methoxy groups -OCH3 is 2. The topological polar surface area (TPSA) is 180 Å². The van der Waals surface area contributed by atoms with Crippen molar-refractivity contribution in [2.24, 2.45) is 0 Å². The lowest BCUT2D eigenvalue weighted by Gasteiger charge is -2.50. The summed E-state index contributed by atoms with van der Waals surface area (Å²) in [7, 11) is 2.56. The lowest BCUT2D eigenvalue weighted by Crippen LogP contribution is -2.56. The van der Waals surface area contributed by atoms with Crippen LogP contribution in [0.25, 0.3) is 0 Å². The van der Waals surface area contributed by atoms with Crippen LogP contribution in [0.15, 0.2) is 170 Å². The van der Waals surface area contributed by atoms with Crippen LogP contribution in [0.5, 0.6) is 11.8 Å². The van der Waals surface area contributed by atoms with Crippen LogP contribution in [-0.4, -0.2) is 80.6 Å². The van der Waals surface area contributed by atoms with E-state index in [1.165, 1.54) is 14.2 Å². The molecule has 2 fully saturated rings. The second-order valence-electron chi connectivity index (χ2n) is 20.7. The molecule has 8 aromatic rings. The summed E-state index contributed by atoms with van der Waals surface area (Å²) in [4.78, 5) is 54.5. The van der Waals surface area contributed by atoms with Gasteiger partial charge in [-0.25, -0.2) is 9.59 Å². The average Bonchev–Trinajstić information content (AvgIpc) is 2.36. The molecule has 4 heterocycles. The lowest BCUT2D eigenvalue weighted by atomic mass is 9.89. The SMILES string of the molecule is CCO.COC(=O)c1nn2c(c1C(=O)c1ccc(C)cc1)OC1(CCCCC1)OC2(c1ccccc1)c1ccccc1.COC(=O)c1nn2c(c1C(=O)c1ccc(C)cc1)OC1(CCCCC1)OC2(c1ccccc1)c1ccccc1. The molecule has 2 saturated carbocycles. The van der Waals surface area contributed by atoms with Crippen LogP contribution in [0.1, 0.15) is 157 Å². The van der Waals surface area contributed by atoms with Gasteiger partial charge in [0.05, 0.1) is 14.2 Å². The summed E-state index contributed by atoms with van der Waals surface area (Å²) in [6, 6.07) is 53.5. The normalized spacial score (nSPS) is 16.8. The van der Waals surface area contributed by atoms with E-state index < -0.39 is 35.0 Å². The van der Waals surface area contributed by atoms with Gasteiger partial charge in [-0.05, 0) is 46.5 Å². The van der Waals surface area contributed by atoms with Crippen molar-refractivity contribution in [3.8, 4) is 11.8 Å². The molecule has 2 aliphatic carbocycles. The number of fused-ring (bicyclic) bond motifs is 2. The van der Waals surface area contributed by atoms with E-state index in [1.807, 2.05) is 159 Å². The maximum absolute atomic E-state index is 14.1. The molecule has 15 nitrogen and oxygen atoms in total. The van der Waals surface area contributed by atoms with Gasteiger partial charge in [-0.1, -0.05) is 194 Å². The minimum absolute atomic E-state index is 0.0789. The number of aliphatic hydroxyl groups is 1. The van der Waals surface area contributed by atoms with Crippen molar-refractivity contribution in [2.75, 3.05) is 20.8 Å². The van der Waals surface area contributed by atoms with Gasteiger partial charge in [-0.15, -0.1) is 0 Å². The van der Waals surface area contributed by atoms with E-state index in [2.05, 4.69) is 0 Å². The molecule has 0 unspecified atom stereocenters. The van der Waals surface area contributed by atoms with Crippen LogP contribution in [0.3, 0.4) is 0 Å². The third-order valence-corrected chi connectivity index (χ3v) is 15.2. The van der Waals surface area contributed by atoms with Crippen LogP contribution in [0.4, 0.5) is 0 Å². The number of aliphatic hydroxyl groups excluding tert-OH is 1. The Kier molecular flexibility index (Phi) is 16.3. The van der Waals surface area contributed by atoms with Crippen molar-refractivity contribution >= 4 is 23.5 Å². The highest BCUT2D eigenvalue weighted by atomic mass is 16.7. The summed E-state index contributed by atoms with van der Waals surface area (Å²) in [6.45, 7) is 5.84. The number of carbonyl (C=O) groups excluding carboxylic acids is 4. The number of aryl methyl sites for hydroxylation is 2. The van der Waals surface area contributed by atoms with E-state index in [1.54, 1.807) is 40.6 Å². The first-order valence-corrected chi connectivity index (χ1v) is 27.6. The second kappa shape index (κ2) is 23.7. The van der Waals surface area contributed by atoms with Crippen molar-refractivity contribution in [1.29, 1.82) is 0 Å². The zero-order valence-electron chi connectivity index (χ0n) is 46.3. The predicted molar refractivity (Wildman–Crippen MR) is 302 cm³/mol. The fourth-order valence-corrected chi connectivity index (χ4v) is 11.3. The highest BCUT2D eigenvalue weighted by molar-refractivity contribution is 6.16. The molecule has 416 valence electrons. The van der Waals surface area contributed by atoms with Crippen LogP contribution in [-0.2, 0) is 30.4 Å². The molecule has 0 radical (unpaired) electrons. The Morgan fingerprint density at radius 1 is 0.469 bits per heavy atom. The smallest absolute Gasteiger partial charge is 0.359 e. The van der Waals surface area contributed by atoms with Gasteiger partial charge in [-0.3, -0.25) is 9.59 Å². The maximum atomic E-state index is 14.1. The van der Waals surface area contributed by atoms with E-state index in [4.69, 9.17) is 43.7 Å². The zero-order valence-corrected chi connectivity index (χ0v) is 46.3. The number of benzene rings is 6. The minimum atomic E-state index is -1.29. The van der Waals surface area contributed by atoms with Crippen LogP contribution >= 0.6 is 0 Å². The quantitative estimate of drug-likeness (QED) is 0.101. The van der Waals surface area contributed by atoms with Crippen molar-refractivity contribution in [1.82, 2.24) is 19.6 Å². The van der Waals surface area contributed by atoms with Crippen LogP contribution in [0, 0.1) is 13.8 Å². The van der Waals surface area contributed by atoms with Gasteiger partial charge in [0.25, 0.3) is 0 Å². The van der Waals surface area contributed by atoms with E-state index >= 15 is 0 Å². The molecule has 0 bridgehead atoms. The van der Waals surface area contributed by atoms with Gasteiger partial charge in [0.2, 0.25) is 46.4 Å². The minimum Gasteiger partial charge on any atom is -0.464 e. The molecule has 15 heteroatoms. The second-order valence-corrected chi connectivity index (χ2v) is 20.7. The van der Waals surface area contributed by atoms with E-state index in [0.29, 0.717) is 36.8 Å². The zero-order chi connectivity index (χ0) is 56.8. The molecule has 6 aromatic carbocycles. The molecule has 2 aromatic heterocycles. The van der Waals surface area contributed by atoms with Crippen molar-refractivity contribution < 1.29 is 52.7 Å². The summed E-state index contributed by atoms with van der Waals surface area (Å²) < 4.78 is 40.9. The highest BCUT2D eigenvalue weighted by Gasteiger charge is 2.58. The molecule has 4 aliphatic rings. The van der Waals surface area contributed by atoms with E-state index in [-0.39, 0.29) is 52.4 Å². The van der Waals surface area contributed by atoms with Crippen molar-refractivity contribution in [3.63, 3.8) is 0 Å². The molecule has 1 N–H and O–H groups in total. The fourth-order valence-electron chi connectivity index (χ4n) is 11.3. The van der Waals surface area contributed by atoms with Gasteiger partial charge in [0.1, 0.15) is 11.1 Å². The Bertz CT molecular complexity index is 3180. The average molecular weight is 1090 g/mol. The third-order valence-electron chi connectivity index (χ3n) is 15.2. The Morgan fingerprint density at radius 2 is 0.753 bits per heavy atom. The number of aromatic nitrogens is 4. The molecule has 81 heavy (non-hydrogen) atoms. The lowest BCUT2D eigenvalue weighted by molar-refractivity contribution is -0.295. The van der Waals surface area contributed by atoms with Crippen molar-refractivity contribution in [3.05, 3.63) is 237 Å². The van der Waals surface area contributed by atoms with Gasteiger partial charge in [-0.2, -0.15) is 19.6 Å². The summed E-state index contributed by atoms with van der Waals surface area (Å²) in [5.41, 5.74) is 3.49. The first kappa shape index (κ1) is 55.8. The first-order valence-electron chi connectivity index (χ1n) is 27.6. The number of esters is 2. The molecule has 0 atom stereocenters. The highest BCUT2D eigenvalue weighted by Crippen LogP contribution is 2.53. The Balaban J connectivity index is 0.000000174. The number of ketones is 2. The Labute approximate surface area is 471 Å². The maximum Gasteiger partial charge on any atom is 0.359 e. The molecular weight excluding hydrogens is 1020 g/mol. The summed E-state index contributed by atoms with van der Waals surface area (Å²) in [5.74, 6) is -3.75. The molecular formula is C66H66N4O11. The number of nitrogens with zero attached hydrogens (tertiary/aromatic N) is 4. The number of hydrogen-bond acceptors (Lipinski definition) is 13. The third kappa shape index (κ3) is 10.5. The number of rotatable bonds is 10. The molecule has 0 saturated heterocycles. The molecule has 2 spiro atoms. The standard InChI is InChI=1S/2C32H30N2O5.C2H6O/c2*1-22-16-18-23(19-17-22)28(35)26-27(30(36)37-2)33-34-29(26)38-31(20-10-5-11-21-31)39-32(34,24-12-6-3-7-13-24)25-14-8-4-9-15-25;1-2-3/h2*3-4,6-9,12-19H,5,10-11,20-21H2,1-2H3;3H,2H2,1H3. The van der Waals surface area contributed by atoms with Crippen molar-refractivity contribution in [2.45, 2.75) is 108 Å². The van der Waals surface area contributed by atoms with Gasteiger partial charge in [0.15, 0.2) is 11.4 Å². The van der Waals surface area contributed by atoms with E-state index in [0.717, 1.165) is 71.9 Å². The van der Waals surface area contributed by atoms with Crippen LogP contribution < -0.4 is 9.47 Å². The van der Waals surface area contributed by atoms with Gasteiger partial charge in [0, 0.05) is 65.7 Å². The van der Waals surface area contributed by atoms with Gasteiger partial charge < -0.3 is 33.5 Å².